The van der Waals surface area contributed by atoms with Crippen molar-refractivity contribution in [3.8, 4) is 0 Å². The minimum atomic E-state index is -3.62. The molecule has 0 amide bonds. The highest BCUT2D eigenvalue weighted by Crippen LogP contribution is 2.24. The van der Waals surface area contributed by atoms with Gasteiger partial charge in [0.2, 0.25) is 10.0 Å². The average molecular weight is 425 g/mol. The lowest BCUT2D eigenvalue weighted by Crippen LogP contribution is -2.33. The number of hydrogen-bond acceptors (Lipinski definition) is 4. The number of halogens is 1. The Morgan fingerprint density at radius 2 is 1.85 bits per heavy atom. The molecule has 1 aromatic heterocycles. The molecule has 0 bridgehead atoms. The molecule has 1 N–H and O–H groups in total. The van der Waals surface area contributed by atoms with Crippen LogP contribution in [0.1, 0.15) is 32.3 Å². The Hall–Kier alpha value is -1.67. The number of benzene rings is 2. The van der Waals surface area contributed by atoms with Crippen LogP contribution >= 0.6 is 22.9 Å². The van der Waals surface area contributed by atoms with E-state index in [-0.39, 0.29) is 15.8 Å². The van der Waals surface area contributed by atoms with Crippen LogP contribution in [0, 0.1) is 0 Å². The molecule has 0 aliphatic carbocycles. The van der Waals surface area contributed by atoms with E-state index in [0.717, 1.165) is 29.7 Å². The maximum Gasteiger partial charge on any atom is 0.308 e. The number of fused-ring (bicyclic) bond motifs is 1. The zero-order valence-electron chi connectivity index (χ0n) is 15.1. The highest BCUT2D eigenvalue weighted by Gasteiger charge is 2.20. The lowest BCUT2D eigenvalue weighted by atomic mass is 10.2. The van der Waals surface area contributed by atoms with Crippen molar-refractivity contribution in [3.63, 3.8) is 0 Å². The third kappa shape index (κ3) is 4.27. The Balaban J connectivity index is 1.99. The fraction of sp³-hybridized carbons (Fsp3) is 0.316. The van der Waals surface area contributed by atoms with Gasteiger partial charge in [0.15, 0.2) is 0 Å². The standard InChI is InChI=1S/C19H21ClN2O3S2/c1-3-14(4-2)21-27(24,25)15-9-10-17-18(11-15)26-19(23)22(17)12-13-7-5-6-8-16(13)20/h5-11,14,21H,3-4,12H2,1-2H3. The normalized spacial score (nSPS) is 12.1. The SMILES string of the molecule is CCC(CC)NS(=O)(=O)c1ccc2c(c1)sc(=O)n2Cc1ccccc1Cl. The van der Waals surface area contributed by atoms with E-state index in [1.54, 1.807) is 28.8 Å². The van der Waals surface area contributed by atoms with Gasteiger partial charge >= 0.3 is 4.87 Å². The van der Waals surface area contributed by atoms with E-state index in [4.69, 9.17) is 11.6 Å². The van der Waals surface area contributed by atoms with Crippen LogP contribution in [0.5, 0.6) is 0 Å². The Labute approximate surface area is 167 Å². The number of nitrogens with one attached hydrogen (secondary N) is 1. The Bertz CT molecular complexity index is 1120. The van der Waals surface area contributed by atoms with Crippen molar-refractivity contribution in [3.05, 3.63) is 62.7 Å². The van der Waals surface area contributed by atoms with Crippen molar-refractivity contribution in [1.82, 2.24) is 9.29 Å². The van der Waals surface area contributed by atoms with Gasteiger partial charge in [-0.25, -0.2) is 13.1 Å². The first-order chi connectivity index (χ1) is 12.9. The van der Waals surface area contributed by atoms with Crippen molar-refractivity contribution in [1.29, 1.82) is 0 Å². The summed E-state index contributed by atoms with van der Waals surface area (Å²) in [5.74, 6) is 0. The van der Waals surface area contributed by atoms with E-state index in [1.165, 1.54) is 0 Å². The first kappa shape index (κ1) is 20.1. The molecule has 8 heteroatoms. The van der Waals surface area contributed by atoms with Crippen LogP contribution in [0.2, 0.25) is 5.02 Å². The number of thiazole rings is 1. The minimum Gasteiger partial charge on any atom is -0.294 e. The monoisotopic (exact) mass is 424 g/mol. The van der Waals surface area contributed by atoms with Crippen LogP contribution in [0.3, 0.4) is 0 Å². The molecule has 1 heterocycles. The highest BCUT2D eigenvalue weighted by molar-refractivity contribution is 7.89. The van der Waals surface area contributed by atoms with Crippen molar-refractivity contribution < 1.29 is 8.42 Å². The molecular weight excluding hydrogens is 404 g/mol. The van der Waals surface area contributed by atoms with E-state index in [9.17, 15) is 13.2 Å². The van der Waals surface area contributed by atoms with Crippen LogP contribution in [-0.4, -0.2) is 19.0 Å². The summed E-state index contributed by atoms with van der Waals surface area (Å²) in [6.45, 7) is 4.23. The van der Waals surface area contributed by atoms with Gasteiger partial charge in [0.1, 0.15) is 0 Å². The summed E-state index contributed by atoms with van der Waals surface area (Å²) in [6, 6.07) is 12.1. The second kappa shape index (κ2) is 8.14. The van der Waals surface area contributed by atoms with E-state index < -0.39 is 10.0 Å². The molecule has 3 aromatic rings. The summed E-state index contributed by atoms with van der Waals surface area (Å²) < 4.78 is 30.2. The van der Waals surface area contributed by atoms with Gasteiger partial charge in [0, 0.05) is 11.1 Å². The molecule has 27 heavy (non-hydrogen) atoms. The maximum absolute atomic E-state index is 12.6. The molecule has 2 aromatic carbocycles. The fourth-order valence-electron chi connectivity index (χ4n) is 2.90. The molecule has 0 unspecified atom stereocenters. The van der Waals surface area contributed by atoms with Gasteiger partial charge in [0.05, 0.1) is 21.7 Å². The molecular formula is C19H21ClN2O3S2. The lowest BCUT2D eigenvalue weighted by Gasteiger charge is -2.15. The summed E-state index contributed by atoms with van der Waals surface area (Å²) in [7, 11) is -3.62. The molecule has 0 saturated carbocycles. The number of hydrogen-bond donors (Lipinski definition) is 1. The van der Waals surface area contributed by atoms with E-state index in [1.807, 2.05) is 32.0 Å². The van der Waals surface area contributed by atoms with Gasteiger partial charge in [-0.15, -0.1) is 0 Å². The van der Waals surface area contributed by atoms with Crippen molar-refractivity contribution in [2.45, 2.75) is 44.2 Å². The van der Waals surface area contributed by atoms with E-state index in [0.29, 0.717) is 21.8 Å². The Morgan fingerprint density at radius 3 is 2.52 bits per heavy atom. The smallest absolute Gasteiger partial charge is 0.294 e. The van der Waals surface area contributed by atoms with Crippen molar-refractivity contribution >= 4 is 43.2 Å². The summed E-state index contributed by atoms with van der Waals surface area (Å²) in [4.78, 5) is 12.5. The lowest BCUT2D eigenvalue weighted by molar-refractivity contribution is 0.530. The quantitative estimate of drug-likeness (QED) is 0.617. The van der Waals surface area contributed by atoms with Crippen LogP contribution in [0.4, 0.5) is 0 Å². The number of rotatable bonds is 7. The molecule has 3 rings (SSSR count). The van der Waals surface area contributed by atoms with Gasteiger partial charge in [-0.3, -0.25) is 9.36 Å². The molecule has 0 saturated heterocycles. The zero-order valence-corrected chi connectivity index (χ0v) is 17.5. The average Bonchev–Trinajstić information content (AvgIpc) is 2.96. The molecule has 0 fully saturated rings. The van der Waals surface area contributed by atoms with Gasteiger partial charge in [-0.2, -0.15) is 0 Å². The first-order valence-corrected chi connectivity index (χ1v) is 11.4. The molecule has 0 spiro atoms. The zero-order chi connectivity index (χ0) is 19.6. The summed E-state index contributed by atoms with van der Waals surface area (Å²) >= 11 is 7.24. The second-order valence-corrected chi connectivity index (χ2v) is 9.42. The third-order valence-electron chi connectivity index (χ3n) is 4.54. The number of aromatic nitrogens is 1. The van der Waals surface area contributed by atoms with Crippen LogP contribution in [0.15, 0.2) is 52.2 Å². The second-order valence-electron chi connectivity index (χ2n) is 6.31. The number of sulfonamides is 1. The third-order valence-corrected chi connectivity index (χ3v) is 7.37. The summed E-state index contributed by atoms with van der Waals surface area (Å²) in [5, 5.41) is 0.595. The predicted molar refractivity (Wildman–Crippen MR) is 111 cm³/mol. The predicted octanol–water partition coefficient (Wildman–Crippen LogP) is 4.23. The van der Waals surface area contributed by atoms with Gasteiger partial charge < -0.3 is 0 Å². The van der Waals surface area contributed by atoms with Gasteiger partial charge in [-0.1, -0.05) is 55.0 Å². The molecule has 144 valence electrons. The van der Waals surface area contributed by atoms with Crippen LogP contribution in [0.25, 0.3) is 10.2 Å². The van der Waals surface area contributed by atoms with E-state index >= 15 is 0 Å². The fourth-order valence-corrected chi connectivity index (χ4v) is 5.53. The number of nitrogens with zero attached hydrogens (tertiary/aromatic N) is 1. The molecule has 0 aliphatic rings. The maximum atomic E-state index is 12.6. The Morgan fingerprint density at radius 1 is 1.15 bits per heavy atom. The highest BCUT2D eigenvalue weighted by atomic mass is 35.5. The molecule has 0 aliphatic heterocycles. The van der Waals surface area contributed by atoms with Crippen LogP contribution in [-0.2, 0) is 16.6 Å². The summed E-state index contributed by atoms with van der Waals surface area (Å²) in [6.07, 6.45) is 1.44. The minimum absolute atomic E-state index is 0.103. The molecule has 0 atom stereocenters. The van der Waals surface area contributed by atoms with Crippen LogP contribution < -0.4 is 9.60 Å². The van der Waals surface area contributed by atoms with E-state index in [2.05, 4.69) is 4.72 Å². The Kier molecular flexibility index (Phi) is 6.05. The first-order valence-electron chi connectivity index (χ1n) is 8.74. The molecule has 5 nitrogen and oxygen atoms in total. The summed E-state index contributed by atoms with van der Waals surface area (Å²) in [5.41, 5.74) is 1.54. The van der Waals surface area contributed by atoms with Crippen molar-refractivity contribution in [2.75, 3.05) is 0 Å². The largest absolute Gasteiger partial charge is 0.308 e. The molecule has 0 radical (unpaired) electrons. The van der Waals surface area contributed by atoms with Gasteiger partial charge in [-0.05, 0) is 42.7 Å². The van der Waals surface area contributed by atoms with Crippen molar-refractivity contribution in [2.24, 2.45) is 0 Å². The van der Waals surface area contributed by atoms with Gasteiger partial charge in [0.25, 0.3) is 0 Å². The topological polar surface area (TPSA) is 68.2 Å².